The minimum atomic E-state index is -0.823. The molecule has 31 heavy (non-hydrogen) atoms. The van der Waals surface area contributed by atoms with E-state index in [1.165, 1.54) is 6.08 Å². The van der Waals surface area contributed by atoms with Gasteiger partial charge in [0.15, 0.2) is 11.5 Å². The Morgan fingerprint density at radius 3 is 2.45 bits per heavy atom. The Labute approximate surface area is 183 Å². The van der Waals surface area contributed by atoms with Gasteiger partial charge in [0.2, 0.25) is 0 Å². The van der Waals surface area contributed by atoms with Crippen molar-refractivity contribution in [2.75, 3.05) is 0 Å². The Hall–Kier alpha value is -2.97. The van der Waals surface area contributed by atoms with E-state index in [0.717, 1.165) is 19.9 Å². The number of cyclic esters (lactones) is 1. The molecular formula is C22H21ClO8. The summed E-state index contributed by atoms with van der Waals surface area (Å²) in [5.74, 6) is -2.96. The molecule has 0 unspecified atom stereocenters. The topological polar surface area (TPSA) is 108 Å². The standard InChI is InChI=1S/C22H21ClO8/c1-11-8-17-16(31-17)7-5-4-6-14(26)9-15-20(22(27)28-11)18(29-12(2)24)10-19(21(15)23)30-13(3)25/h4-7,10-11,16-17H,8-9H2,1-3H3/t11-,16+,17+/m1/s1. The fraction of sp³-hybridized carbons (Fsp3) is 0.364. The van der Waals surface area contributed by atoms with Crippen molar-refractivity contribution in [1.29, 1.82) is 0 Å². The molecule has 164 valence electrons. The van der Waals surface area contributed by atoms with Crippen LogP contribution >= 0.6 is 11.6 Å². The van der Waals surface area contributed by atoms with Crippen LogP contribution in [-0.2, 0) is 30.3 Å². The molecule has 0 aromatic heterocycles. The summed E-state index contributed by atoms with van der Waals surface area (Å²) in [6.07, 6.45) is 5.81. The number of halogens is 1. The lowest BCUT2D eigenvalue weighted by molar-refractivity contribution is -0.132. The number of hydrogen-bond donors (Lipinski definition) is 0. The third-order valence-electron chi connectivity index (χ3n) is 4.54. The minimum Gasteiger partial charge on any atom is -0.459 e. The number of benzene rings is 1. The highest BCUT2D eigenvalue weighted by atomic mass is 35.5. The third-order valence-corrected chi connectivity index (χ3v) is 4.96. The average molecular weight is 449 g/mol. The molecule has 3 rings (SSSR count). The van der Waals surface area contributed by atoms with Gasteiger partial charge in [-0.05, 0) is 13.0 Å². The zero-order valence-electron chi connectivity index (χ0n) is 17.2. The largest absolute Gasteiger partial charge is 0.459 e. The van der Waals surface area contributed by atoms with Crippen LogP contribution in [0.2, 0.25) is 5.02 Å². The fourth-order valence-electron chi connectivity index (χ4n) is 3.22. The number of hydrogen-bond acceptors (Lipinski definition) is 8. The van der Waals surface area contributed by atoms with Crippen molar-refractivity contribution in [2.24, 2.45) is 0 Å². The third kappa shape index (κ3) is 5.80. The van der Waals surface area contributed by atoms with Crippen molar-refractivity contribution < 1.29 is 38.1 Å². The van der Waals surface area contributed by atoms with E-state index < -0.39 is 24.0 Å². The first-order valence-corrected chi connectivity index (χ1v) is 9.99. The Kier molecular flexibility index (Phi) is 6.92. The van der Waals surface area contributed by atoms with Crippen LogP contribution in [0.5, 0.6) is 11.5 Å². The zero-order chi connectivity index (χ0) is 22.7. The fourth-order valence-corrected chi connectivity index (χ4v) is 3.47. The summed E-state index contributed by atoms with van der Waals surface area (Å²) in [6, 6.07) is 1.15. The molecule has 3 atom stereocenters. The molecule has 9 heteroatoms. The van der Waals surface area contributed by atoms with Crippen LogP contribution in [0.3, 0.4) is 0 Å². The first-order valence-electron chi connectivity index (χ1n) is 9.62. The molecule has 2 aliphatic heterocycles. The molecule has 0 saturated carbocycles. The van der Waals surface area contributed by atoms with Crippen LogP contribution in [-0.4, -0.2) is 42.0 Å². The highest BCUT2D eigenvalue weighted by molar-refractivity contribution is 6.34. The second-order valence-electron chi connectivity index (χ2n) is 7.21. The number of esters is 3. The summed E-state index contributed by atoms with van der Waals surface area (Å²) in [6.45, 7) is 4.02. The van der Waals surface area contributed by atoms with Crippen LogP contribution < -0.4 is 9.47 Å². The molecule has 2 aliphatic rings. The van der Waals surface area contributed by atoms with Gasteiger partial charge in [0.25, 0.3) is 0 Å². The molecule has 0 N–H and O–H groups in total. The van der Waals surface area contributed by atoms with E-state index in [2.05, 4.69) is 0 Å². The maximum atomic E-state index is 13.0. The predicted molar refractivity (Wildman–Crippen MR) is 109 cm³/mol. The molecule has 1 saturated heterocycles. The molecule has 1 fully saturated rings. The SMILES string of the molecule is CC(=O)Oc1cc(OC(C)=O)c2c(c1Cl)CC(=O)C=CC=C[C@@H]1O[C@H]1C[C@@H](C)OC2=O. The van der Waals surface area contributed by atoms with Gasteiger partial charge < -0.3 is 18.9 Å². The van der Waals surface area contributed by atoms with Crippen molar-refractivity contribution in [3.63, 3.8) is 0 Å². The van der Waals surface area contributed by atoms with Crippen molar-refractivity contribution in [3.8, 4) is 11.5 Å². The monoisotopic (exact) mass is 448 g/mol. The van der Waals surface area contributed by atoms with Gasteiger partial charge in [-0.2, -0.15) is 0 Å². The number of ether oxygens (including phenoxy) is 4. The highest BCUT2D eigenvalue weighted by Gasteiger charge is 2.38. The smallest absolute Gasteiger partial charge is 0.342 e. The second kappa shape index (κ2) is 9.45. The maximum Gasteiger partial charge on any atom is 0.342 e. The van der Waals surface area contributed by atoms with E-state index >= 15 is 0 Å². The lowest BCUT2D eigenvalue weighted by atomic mass is 9.99. The molecule has 0 aliphatic carbocycles. The van der Waals surface area contributed by atoms with E-state index in [9.17, 15) is 19.2 Å². The van der Waals surface area contributed by atoms with Crippen LogP contribution in [0.25, 0.3) is 0 Å². The van der Waals surface area contributed by atoms with Crippen LogP contribution in [0.1, 0.15) is 43.1 Å². The number of carbonyl (C=O) groups excluding carboxylic acids is 4. The summed E-state index contributed by atoms with van der Waals surface area (Å²) in [4.78, 5) is 48.7. The molecule has 0 radical (unpaired) electrons. The van der Waals surface area contributed by atoms with E-state index in [0.29, 0.717) is 6.42 Å². The number of carbonyl (C=O) groups is 4. The van der Waals surface area contributed by atoms with Crippen molar-refractivity contribution in [2.45, 2.75) is 51.9 Å². The average Bonchev–Trinajstić information content (AvgIpc) is 3.38. The van der Waals surface area contributed by atoms with Gasteiger partial charge >= 0.3 is 17.9 Å². The maximum absolute atomic E-state index is 13.0. The Morgan fingerprint density at radius 2 is 1.77 bits per heavy atom. The van der Waals surface area contributed by atoms with Gasteiger partial charge in [0.05, 0.1) is 11.1 Å². The van der Waals surface area contributed by atoms with Crippen molar-refractivity contribution in [1.82, 2.24) is 0 Å². The number of rotatable bonds is 2. The quantitative estimate of drug-likeness (QED) is 0.385. The van der Waals surface area contributed by atoms with Crippen LogP contribution in [0.15, 0.2) is 30.4 Å². The van der Waals surface area contributed by atoms with Gasteiger partial charge in [0, 0.05) is 38.3 Å². The number of fused-ring (bicyclic) bond motifs is 2. The molecule has 0 spiro atoms. The summed E-state index contributed by atoms with van der Waals surface area (Å²) >= 11 is 6.39. The van der Waals surface area contributed by atoms with Gasteiger partial charge in [-0.1, -0.05) is 29.8 Å². The Morgan fingerprint density at radius 1 is 1.10 bits per heavy atom. The molecule has 1 aromatic carbocycles. The molecule has 0 bridgehead atoms. The number of ketones is 1. The van der Waals surface area contributed by atoms with E-state index in [4.69, 9.17) is 30.5 Å². The molecule has 0 amide bonds. The zero-order valence-corrected chi connectivity index (χ0v) is 17.9. The minimum absolute atomic E-state index is 0.0325. The normalized spacial score (nSPS) is 23.2. The first-order chi connectivity index (χ1) is 14.7. The number of allylic oxidation sites excluding steroid dienone is 3. The van der Waals surface area contributed by atoms with E-state index in [1.807, 2.05) is 6.08 Å². The Balaban J connectivity index is 2.13. The van der Waals surface area contributed by atoms with Crippen molar-refractivity contribution in [3.05, 3.63) is 46.5 Å². The summed E-state index contributed by atoms with van der Waals surface area (Å²) in [5, 5.41) is -0.124. The summed E-state index contributed by atoms with van der Waals surface area (Å²) < 4.78 is 21.3. The molecule has 1 aromatic rings. The van der Waals surface area contributed by atoms with E-state index in [1.54, 1.807) is 19.1 Å². The van der Waals surface area contributed by atoms with Gasteiger partial charge in [-0.25, -0.2) is 4.79 Å². The summed E-state index contributed by atoms with van der Waals surface area (Å²) in [5.41, 5.74) is -0.143. The first kappa shape index (κ1) is 22.7. The van der Waals surface area contributed by atoms with Crippen LogP contribution in [0.4, 0.5) is 0 Å². The lowest BCUT2D eigenvalue weighted by Gasteiger charge is -2.19. The Bertz CT molecular complexity index is 994. The van der Waals surface area contributed by atoms with E-state index in [-0.39, 0.29) is 52.1 Å². The van der Waals surface area contributed by atoms with Gasteiger partial charge in [0.1, 0.15) is 23.5 Å². The highest BCUT2D eigenvalue weighted by Crippen LogP contribution is 2.39. The second-order valence-corrected chi connectivity index (χ2v) is 7.58. The van der Waals surface area contributed by atoms with Crippen molar-refractivity contribution >= 4 is 35.3 Å². The molecule has 2 heterocycles. The lowest BCUT2D eigenvalue weighted by Crippen LogP contribution is -2.21. The number of epoxide rings is 1. The molecular weight excluding hydrogens is 428 g/mol. The van der Waals surface area contributed by atoms with Crippen LogP contribution in [0, 0.1) is 0 Å². The van der Waals surface area contributed by atoms with Gasteiger partial charge in [-0.3, -0.25) is 14.4 Å². The predicted octanol–water partition coefficient (Wildman–Crippen LogP) is 3.13. The summed E-state index contributed by atoms with van der Waals surface area (Å²) in [7, 11) is 0. The van der Waals surface area contributed by atoms with Gasteiger partial charge in [-0.15, -0.1) is 0 Å². The molecule has 8 nitrogen and oxygen atoms in total.